The topological polar surface area (TPSA) is 78.5 Å². The molecule has 6 heteroatoms. The normalized spacial score (nSPS) is 19.7. The zero-order valence-corrected chi connectivity index (χ0v) is 13.4. The molecule has 0 radical (unpaired) electrons. The van der Waals surface area contributed by atoms with Crippen LogP contribution in [0.4, 0.5) is 11.8 Å². The van der Waals surface area contributed by atoms with Crippen LogP contribution in [0.25, 0.3) is 11.0 Å². The summed E-state index contributed by atoms with van der Waals surface area (Å²) in [6.07, 6.45) is 2.82. The van der Waals surface area contributed by atoms with Crippen LogP contribution >= 0.6 is 0 Å². The third kappa shape index (κ3) is 2.13. The van der Waals surface area contributed by atoms with Crippen LogP contribution < -0.4 is 10.6 Å². The quantitative estimate of drug-likeness (QED) is 0.788. The summed E-state index contributed by atoms with van der Waals surface area (Å²) in [6.45, 7) is 12.1. The van der Waals surface area contributed by atoms with Gasteiger partial charge in [0.25, 0.3) is 0 Å². The van der Waals surface area contributed by atoms with E-state index in [0.29, 0.717) is 12.0 Å². The molecule has 3 N–H and O–H groups in total. The average Bonchev–Trinajstić information content (AvgIpc) is 2.80. The van der Waals surface area contributed by atoms with Crippen LogP contribution in [0.2, 0.25) is 0 Å². The lowest BCUT2D eigenvalue weighted by atomic mass is 10.0. The molecule has 114 valence electrons. The number of aromatic nitrogens is 4. The van der Waals surface area contributed by atoms with E-state index in [2.05, 4.69) is 65.4 Å². The van der Waals surface area contributed by atoms with Gasteiger partial charge >= 0.3 is 0 Å². The molecule has 1 saturated carbocycles. The lowest BCUT2D eigenvalue weighted by Crippen LogP contribution is -2.13. The second-order valence-electron chi connectivity index (χ2n) is 6.98. The van der Waals surface area contributed by atoms with Crippen molar-refractivity contribution < 1.29 is 0 Å². The molecule has 0 aromatic carbocycles. The van der Waals surface area contributed by atoms with Gasteiger partial charge in [0.05, 0.1) is 11.6 Å². The van der Waals surface area contributed by atoms with E-state index in [9.17, 15) is 0 Å². The van der Waals surface area contributed by atoms with Crippen LogP contribution in [0.3, 0.4) is 0 Å². The SMILES string of the molecule is CCCNc1nc(NC2C(C)(C)C2(C)C)c2cn[nH]c2n1. The number of fused-ring (bicyclic) bond motifs is 1. The van der Waals surface area contributed by atoms with E-state index in [1.165, 1.54) is 0 Å². The minimum atomic E-state index is 0.255. The minimum Gasteiger partial charge on any atom is -0.365 e. The van der Waals surface area contributed by atoms with Crippen LogP contribution in [0.1, 0.15) is 41.0 Å². The van der Waals surface area contributed by atoms with Crippen LogP contribution in [-0.2, 0) is 0 Å². The van der Waals surface area contributed by atoms with E-state index in [1.54, 1.807) is 6.20 Å². The number of anilines is 2. The van der Waals surface area contributed by atoms with Crippen molar-refractivity contribution in [3.05, 3.63) is 6.20 Å². The number of hydrogen-bond acceptors (Lipinski definition) is 5. The summed E-state index contributed by atoms with van der Waals surface area (Å²) in [7, 11) is 0. The zero-order valence-electron chi connectivity index (χ0n) is 13.4. The van der Waals surface area contributed by atoms with Crippen LogP contribution in [0, 0.1) is 10.8 Å². The highest BCUT2D eigenvalue weighted by Crippen LogP contribution is 2.63. The van der Waals surface area contributed by atoms with Gasteiger partial charge in [-0.1, -0.05) is 34.6 Å². The number of hydrogen-bond donors (Lipinski definition) is 3. The van der Waals surface area contributed by atoms with E-state index in [1.807, 2.05) is 0 Å². The Labute approximate surface area is 125 Å². The van der Waals surface area contributed by atoms with Gasteiger partial charge in [0, 0.05) is 12.6 Å². The number of aromatic amines is 1. The Kier molecular flexibility index (Phi) is 3.07. The van der Waals surface area contributed by atoms with Gasteiger partial charge in [0.2, 0.25) is 5.95 Å². The first-order chi connectivity index (χ1) is 9.88. The Balaban J connectivity index is 1.92. The molecular formula is C15H24N6. The fourth-order valence-corrected chi connectivity index (χ4v) is 2.95. The van der Waals surface area contributed by atoms with Crippen molar-refractivity contribution >= 4 is 22.8 Å². The molecule has 2 heterocycles. The summed E-state index contributed by atoms with van der Waals surface area (Å²) in [4.78, 5) is 9.08. The van der Waals surface area contributed by atoms with Gasteiger partial charge in [-0.15, -0.1) is 0 Å². The van der Waals surface area contributed by atoms with Crippen LogP contribution in [0.15, 0.2) is 6.20 Å². The number of nitrogens with one attached hydrogen (secondary N) is 3. The third-order valence-electron chi connectivity index (χ3n) is 5.14. The molecule has 0 unspecified atom stereocenters. The number of rotatable bonds is 5. The minimum absolute atomic E-state index is 0.255. The maximum absolute atomic E-state index is 4.63. The average molecular weight is 288 g/mol. The largest absolute Gasteiger partial charge is 0.365 e. The fraction of sp³-hybridized carbons (Fsp3) is 0.667. The molecule has 1 aliphatic rings. The molecule has 0 bridgehead atoms. The summed E-state index contributed by atoms with van der Waals surface area (Å²) < 4.78 is 0. The standard InChI is InChI=1S/C15H24N6/c1-6-7-16-13-19-10(9-8-17-21-11(9)20-13)18-12-14(2,3)15(12,4)5/h8,12H,6-7H2,1-5H3,(H3,16,17,18,19,20,21). The first-order valence-electron chi connectivity index (χ1n) is 7.59. The van der Waals surface area contributed by atoms with E-state index >= 15 is 0 Å². The molecule has 2 aromatic heterocycles. The predicted molar refractivity (Wildman–Crippen MR) is 85.4 cm³/mol. The van der Waals surface area contributed by atoms with Gasteiger partial charge in [0.15, 0.2) is 5.65 Å². The summed E-state index contributed by atoms with van der Waals surface area (Å²) in [6, 6.07) is 0.400. The Morgan fingerprint density at radius 1 is 1.19 bits per heavy atom. The second-order valence-corrected chi connectivity index (χ2v) is 6.98. The van der Waals surface area contributed by atoms with Crippen molar-refractivity contribution in [1.29, 1.82) is 0 Å². The molecule has 6 nitrogen and oxygen atoms in total. The highest BCUT2D eigenvalue weighted by Gasteiger charge is 2.65. The van der Waals surface area contributed by atoms with Gasteiger partial charge in [-0.25, -0.2) is 0 Å². The first kappa shape index (κ1) is 14.1. The molecular weight excluding hydrogens is 264 g/mol. The predicted octanol–water partition coefficient (Wildman–Crippen LogP) is 3.02. The maximum atomic E-state index is 4.63. The highest BCUT2D eigenvalue weighted by atomic mass is 15.2. The summed E-state index contributed by atoms with van der Waals surface area (Å²) >= 11 is 0. The molecule has 3 rings (SSSR count). The van der Waals surface area contributed by atoms with Gasteiger partial charge in [-0.05, 0) is 17.3 Å². The van der Waals surface area contributed by atoms with Gasteiger partial charge in [0.1, 0.15) is 5.82 Å². The summed E-state index contributed by atoms with van der Waals surface area (Å²) in [5.41, 5.74) is 1.28. The number of nitrogens with zero attached hydrogens (tertiary/aromatic N) is 3. The molecule has 1 aliphatic carbocycles. The van der Waals surface area contributed by atoms with Crippen molar-refractivity contribution in [2.24, 2.45) is 10.8 Å². The van der Waals surface area contributed by atoms with E-state index in [-0.39, 0.29) is 10.8 Å². The van der Waals surface area contributed by atoms with Crippen molar-refractivity contribution in [2.75, 3.05) is 17.2 Å². The Bertz CT molecular complexity index is 643. The third-order valence-corrected chi connectivity index (χ3v) is 5.14. The molecule has 0 amide bonds. The lowest BCUT2D eigenvalue weighted by Gasteiger charge is -2.10. The summed E-state index contributed by atoms with van der Waals surface area (Å²) in [5.74, 6) is 1.50. The summed E-state index contributed by atoms with van der Waals surface area (Å²) in [5, 5.41) is 14.8. The molecule has 0 atom stereocenters. The van der Waals surface area contributed by atoms with Gasteiger partial charge < -0.3 is 10.6 Å². The Morgan fingerprint density at radius 3 is 2.52 bits per heavy atom. The maximum Gasteiger partial charge on any atom is 0.226 e. The molecule has 21 heavy (non-hydrogen) atoms. The van der Waals surface area contributed by atoms with Gasteiger partial charge in [-0.2, -0.15) is 15.1 Å². The molecule has 0 saturated heterocycles. The second kappa shape index (κ2) is 4.58. The lowest BCUT2D eigenvalue weighted by molar-refractivity contribution is 0.457. The molecule has 0 aliphatic heterocycles. The fourth-order valence-electron chi connectivity index (χ4n) is 2.95. The Morgan fingerprint density at radius 2 is 1.90 bits per heavy atom. The van der Waals surface area contributed by atoms with Crippen molar-refractivity contribution in [3.8, 4) is 0 Å². The van der Waals surface area contributed by atoms with Crippen molar-refractivity contribution in [3.63, 3.8) is 0 Å². The van der Waals surface area contributed by atoms with E-state index in [0.717, 1.165) is 29.8 Å². The van der Waals surface area contributed by atoms with Crippen molar-refractivity contribution in [2.45, 2.75) is 47.1 Å². The molecule has 1 fully saturated rings. The smallest absolute Gasteiger partial charge is 0.226 e. The first-order valence-corrected chi connectivity index (χ1v) is 7.59. The van der Waals surface area contributed by atoms with Gasteiger partial charge in [-0.3, -0.25) is 5.10 Å². The van der Waals surface area contributed by atoms with Crippen molar-refractivity contribution in [1.82, 2.24) is 20.2 Å². The van der Waals surface area contributed by atoms with Crippen LogP contribution in [-0.4, -0.2) is 32.8 Å². The Hall–Kier alpha value is -1.85. The zero-order chi connectivity index (χ0) is 15.3. The van der Waals surface area contributed by atoms with E-state index < -0.39 is 0 Å². The molecule has 0 spiro atoms. The van der Waals surface area contributed by atoms with E-state index in [4.69, 9.17) is 0 Å². The molecule has 2 aromatic rings. The monoisotopic (exact) mass is 288 g/mol. The number of H-pyrrole nitrogens is 1. The van der Waals surface area contributed by atoms with Crippen LogP contribution in [0.5, 0.6) is 0 Å². The highest BCUT2D eigenvalue weighted by molar-refractivity contribution is 5.87.